The molecule has 40 heavy (non-hydrogen) atoms. The lowest BCUT2D eigenvalue weighted by atomic mass is 10.0. The number of nitrogen functional groups attached to an aromatic ring is 1. The maximum Gasteiger partial charge on any atom is 0.410 e. The number of aromatic nitrogens is 3. The molecule has 1 fully saturated rings. The molecule has 5 heterocycles. The van der Waals surface area contributed by atoms with Crippen LogP contribution in [0.4, 0.5) is 16.3 Å². The Balaban J connectivity index is 1.34. The van der Waals surface area contributed by atoms with Crippen LogP contribution in [0.1, 0.15) is 28.2 Å². The van der Waals surface area contributed by atoms with Crippen LogP contribution < -0.4 is 20.7 Å². The van der Waals surface area contributed by atoms with Crippen LogP contribution in [-0.4, -0.2) is 103 Å². The molecule has 0 aromatic carbocycles. The molecule has 1 saturated heterocycles. The molecule has 3 N–H and O–H groups in total. The first-order chi connectivity index (χ1) is 19.2. The highest BCUT2D eigenvalue weighted by molar-refractivity contribution is 7.18. The van der Waals surface area contributed by atoms with Gasteiger partial charge in [0, 0.05) is 38.3 Å². The average molecular weight is 589 g/mol. The summed E-state index contributed by atoms with van der Waals surface area (Å²) in [6, 6.07) is 3.63. The number of thiophene rings is 1. The van der Waals surface area contributed by atoms with E-state index in [1.54, 1.807) is 15.5 Å². The summed E-state index contributed by atoms with van der Waals surface area (Å²) in [5.41, 5.74) is 9.71. The summed E-state index contributed by atoms with van der Waals surface area (Å²) < 4.78 is 13.0. The zero-order valence-electron chi connectivity index (χ0n) is 22.7. The molecule has 1 atom stereocenters. The fraction of sp³-hybridized carbons (Fsp3) is 0.462. The molecule has 5 rings (SSSR count). The number of hydrogen-bond donors (Lipinski definition) is 2. The van der Waals surface area contributed by atoms with Crippen molar-refractivity contribution in [1.29, 1.82) is 0 Å². The first kappa shape index (κ1) is 28.0. The number of carbonyl (C=O) groups is 2. The lowest BCUT2D eigenvalue weighted by Gasteiger charge is -2.34. The molecule has 2 aliphatic rings. The summed E-state index contributed by atoms with van der Waals surface area (Å²) in [6.45, 7) is 3.42. The third-order valence-electron chi connectivity index (χ3n) is 7.01. The van der Waals surface area contributed by atoms with Crippen LogP contribution >= 0.6 is 22.9 Å². The molecule has 14 heteroatoms. The van der Waals surface area contributed by atoms with Gasteiger partial charge in [0.25, 0.3) is 5.91 Å². The van der Waals surface area contributed by atoms with Crippen molar-refractivity contribution in [2.24, 2.45) is 0 Å². The molecule has 0 bridgehead atoms. The maximum absolute atomic E-state index is 13.3. The van der Waals surface area contributed by atoms with E-state index in [9.17, 15) is 9.59 Å². The third kappa shape index (κ3) is 5.81. The van der Waals surface area contributed by atoms with E-state index in [1.807, 2.05) is 31.1 Å². The lowest BCUT2D eigenvalue weighted by Crippen LogP contribution is -2.47. The Morgan fingerprint density at radius 3 is 2.92 bits per heavy atom. The maximum atomic E-state index is 13.3. The summed E-state index contributed by atoms with van der Waals surface area (Å²) >= 11 is 7.45. The largest absolute Gasteiger partial charge is 0.490 e. The number of likely N-dealkylation sites (N-methyl/N-ethyl adjacent to an activating group) is 1. The third-order valence-corrected chi connectivity index (χ3v) is 8.26. The van der Waals surface area contributed by atoms with Gasteiger partial charge < -0.3 is 35.2 Å². The minimum Gasteiger partial charge on any atom is -0.490 e. The number of nitrogens with zero attached hydrogens (tertiary/aromatic N) is 6. The first-order valence-electron chi connectivity index (χ1n) is 13.0. The SMILES string of the molecule is COC(=O)N1CC=C(c2cc(N3CCC[C@@H](NC(=O)c4sc(Cl)cc4OCCN(C)C)C3)c3c(N)ncnn23)C1. The number of hydrogen-bond acceptors (Lipinski definition) is 10. The van der Waals surface area contributed by atoms with E-state index in [0.717, 1.165) is 42.9 Å². The van der Waals surface area contributed by atoms with Gasteiger partial charge in [-0.2, -0.15) is 5.10 Å². The molecule has 0 radical (unpaired) electrons. The Morgan fingerprint density at radius 1 is 1.32 bits per heavy atom. The molecule has 0 saturated carbocycles. The number of halogens is 1. The second-order valence-corrected chi connectivity index (χ2v) is 11.7. The van der Waals surface area contributed by atoms with Crippen LogP contribution in [0.25, 0.3) is 11.1 Å². The lowest BCUT2D eigenvalue weighted by molar-refractivity contribution is 0.0933. The van der Waals surface area contributed by atoms with Crippen LogP contribution in [0.15, 0.2) is 24.5 Å². The molecule has 3 aromatic heterocycles. The number of anilines is 2. The van der Waals surface area contributed by atoms with Crippen molar-refractivity contribution in [2.75, 3.05) is 71.2 Å². The number of carbonyl (C=O) groups excluding carboxylic acids is 2. The molecule has 3 aromatic rings. The topological polar surface area (TPSA) is 131 Å². The summed E-state index contributed by atoms with van der Waals surface area (Å²) in [4.78, 5) is 35.9. The van der Waals surface area contributed by atoms with Gasteiger partial charge in [0.15, 0.2) is 5.82 Å². The quantitative estimate of drug-likeness (QED) is 0.408. The molecule has 0 unspecified atom stereocenters. The molecule has 214 valence electrons. The summed E-state index contributed by atoms with van der Waals surface area (Å²) in [5.74, 6) is 0.660. The van der Waals surface area contributed by atoms with E-state index in [1.165, 1.54) is 24.8 Å². The number of nitrogens with one attached hydrogen (secondary N) is 1. The Morgan fingerprint density at radius 2 is 2.15 bits per heavy atom. The van der Waals surface area contributed by atoms with Crippen molar-refractivity contribution < 1.29 is 19.1 Å². The van der Waals surface area contributed by atoms with E-state index in [-0.39, 0.29) is 18.0 Å². The number of nitrogens with two attached hydrogens (primary N) is 1. The van der Waals surface area contributed by atoms with Crippen molar-refractivity contribution in [2.45, 2.75) is 18.9 Å². The van der Waals surface area contributed by atoms with Gasteiger partial charge in [0.1, 0.15) is 29.1 Å². The van der Waals surface area contributed by atoms with Gasteiger partial charge in [-0.15, -0.1) is 11.3 Å². The molecule has 0 aliphatic carbocycles. The summed E-state index contributed by atoms with van der Waals surface area (Å²) in [5, 5.41) is 7.65. The minimum absolute atomic E-state index is 0.0958. The average Bonchev–Trinajstić information content (AvgIpc) is 3.65. The number of rotatable bonds is 8. The Kier molecular flexibility index (Phi) is 8.33. The normalized spacial score (nSPS) is 17.4. The van der Waals surface area contributed by atoms with Crippen molar-refractivity contribution in [3.05, 3.63) is 39.4 Å². The van der Waals surface area contributed by atoms with E-state index in [4.69, 9.17) is 26.8 Å². The number of fused-ring (bicyclic) bond motifs is 1. The van der Waals surface area contributed by atoms with Gasteiger partial charge in [-0.05, 0) is 38.6 Å². The zero-order chi connectivity index (χ0) is 28.4. The minimum atomic E-state index is -0.380. The van der Waals surface area contributed by atoms with Gasteiger partial charge in [-0.3, -0.25) is 4.79 Å². The first-order valence-corrected chi connectivity index (χ1v) is 14.2. The fourth-order valence-electron chi connectivity index (χ4n) is 5.04. The Hall–Kier alpha value is -3.55. The highest BCUT2D eigenvalue weighted by atomic mass is 35.5. The molecule has 0 spiro atoms. The van der Waals surface area contributed by atoms with Crippen molar-refractivity contribution in [3.8, 4) is 5.75 Å². The van der Waals surface area contributed by atoms with E-state index in [2.05, 4.69) is 20.3 Å². The van der Waals surface area contributed by atoms with Gasteiger partial charge in [0.05, 0.1) is 29.4 Å². The smallest absolute Gasteiger partial charge is 0.410 e. The molecular weight excluding hydrogens is 556 g/mol. The summed E-state index contributed by atoms with van der Waals surface area (Å²) in [6.07, 6.45) is 4.75. The van der Waals surface area contributed by atoms with Gasteiger partial charge in [0.2, 0.25) is 0 Å². The van der Waals surface area contributed by atoms with E-state index in [0.29, 0.717) is 52.5 Å². The predicted octanol–water partition coefficient (Wildman–Crippen LogP) is 2.83. The zero-order valence-corrected chi connectivity index (χ0v) is 24.3. The van der Waals surface area contributed by atoms with Crippen molar-refractivity contribution in [1.82, 2.24) is 29.7 Å². The Labute approximate surface area is 241 Å². The van der Waals surface area contributed by atoms with Crippen molar-refractivity contribution in [3.63, 3.8) is 0 Å². The molecule has 2 amide bonds. The van der Waals surface area contributed by atoms with E-state index >= 15 is 0 Å². The van der Waals surface area contributed by atoms with Crippen LogP contribution in [0, 0.1) is 0 Å². The second kappa shape index (κ2) is 11.9. The monoisotopic (exact) mass is 588 g/mol. The van der Waals surface area contributed by atoms with Crippen molar-refractivity contribution >= 4 is 57.5 Å². The van der Waals surface area contributed by atoms with Gasteiger partial charge >= 0.3 is 6.09 Å². The highest BCUT2D eigenvalue weighted by Gasteiger charge is 2.29. The standard InChI is InChI=1S/C26H33ClN8O4S/c1-32(2)9-10-39-20-12-21(27)40-23(20)25(36)31-17-5-4-7-33(14-17)19-11-18(35-22(19)24(28)29-15-30-35)16-6-8-34(13-16)26(37)38-3/h6,11-12,15,17H,4-5,7-10,13-14H2,1-3H3,(H,31,36)(H2,28,29,30)/t17-/m1/s1. The van der Waals surface area contributed by atoms with Crippen LogP contribution in [0.3, 0.4) is 0 Å². The van der Waals surface area contributed by atoms with Gasteiger partial charge in [-0.25, -0.2) is 14.3 Å². The predicted molar refractivity (Wildman–Crippen MR) is 155 cm³/mol. The molecule has 2 aliphatic heterocycles. The molecule has 12 nitrogen and oxygen atoms in total. The number of ether oxygens (including phenoxy) is 2. The summed E-state index contributed by atoms with van der Waals surface area (Å²) in [7, 11) is 5.30. The number of piperidine rings is 1. The van der Waals surface area contributed by atoms with Gasteiger partial charge in [-0.1, -0.05) is 17.7 Å². The second-order valence-electron chi connectivity index (χ2n) is 10.1. The van der Waals surface area contributed by atoms with E-state index < -0.39 is 0 Å². The highest BCUT2D eigenvalue weighted by Crippen LogP contribution is 2.36. The number of methoxy groups -OCH3 is 1. The van der Waals surface area contributed by atoms with Crippen LogP contribution in [0.5, 0.6) is 5.75 Å². The fourth-order valence-corrected chi connectivity index (χ4v) is 6.10. The van der Waals surface area contributed by atoms with Crippen LogP contribution in [0.2, 0.25) is 4.34 Å². The van der Waals surface area contributed by atoms with Crippen LogP contribution in [-0.2, 0) is 4.74 Å². The molecular formula is C26H33ClN8O4S. The number of amides is 2. The Bertz CT molecular complexity index is 1440.